The lowest BCUT2D eigenvalue weighted by Crippen LogP contribution is -2.54. The van der Waals surface area contributed by atoms with Crippen molar-refractivity contribution in [3.05, 3.63) is 129 Å². The van der Waals surface area contributed by atoms with Gasteiger partial charge < -0.3 is 10.2 Å². The van der Waals surface area contributed by atoms with E-state index in [-0.39, 0.29) is 35.4 Å². The molecular formula is C35H36Cl3N3O4S. The fourth-order valence-corrected chi connectivity index (χ4v) is 7.11. The molecule has 0 aromatic heterocycles. The molecule has 0 bridgehead atoms. The van der Waals surface area contributed by atoms with Crippen LogP contribution in [0.1, 0.15) is 30.5 Å². The maximum Gasteiger partial charge on any atom is 0.264 e. The molecule has 7 nitrogen and oxygen atoms in total. The average Bonchev–Trinajstić information content (AvgIpc) is 3.03. The summed E-state index contributed by atoms with van der Waals surface area (Å²) in [5.74, 6) is -0.859. The number of carbonyl (C=O) groups excluding carboxylic acids is 2. The van der Waals surface area contributed by atoms with Crippen LogP contribution in [0.2, 0.25) is 15.1 Å². The van der Waals surface area contributed by atoms with Crippen LogP contribution in [0.4, 0.5) is 5.69 Å². The van der Waals surface area contributed by atoms with E-state index >= 15 is 0 Å². The summed E-state index contributed by atoms with van der Waals surface area (Å²) in [7, 11) is -4.26. The predicted octanol–water partition coefficient (Wildman–Crippen LogP) is 7.56. The topological polar surface area (TPSA) is 86.8 Å². The maximum atomic E-state index is 14.6. The zero-order chi connectivity index (χ0) is 33.4. The molecule has 0 saturated carbocycles. The first-order chi connectivity index (χ1) is 21.9. The second-order valence-electron chi connectivity index (χ2n) is 11.3. The number of amides is 2. The predicted molar refractivity (Wildman–Crippen MR) is 186 cm³/mol. The number of rotatable bonds is 13. The summed E-state index contributed by atoms with van der Waals surface area (Å²) >= 11 is 19.6. The first-order valence-electron chi connectivity index (χ1n) is 14.8. The third kappa shape index (κ3) is 8.62. The summed E-state index contributed by atoms with van der Waals surface area (Å²) in [6, 6.07) is 26.0. The Morgan fingerprint density at radius 2 is 1.35 bits per heavy atom. The van der Waals surface area contributed by atoms with Crippen molar-refractivity contribution < 1.29 is 18.0 Å². The van der Waals surface area contributed by atoms with Crippen LogP contribution >= 0.6 is 34.8 Å². The molecule has 0 saturated heterocycles. The molecule has 1 atom stereocenters. The minimum absolute atomic E-state index is 0.00149. The molecule has 46 heavy (non-hydrogen) atoms. The number of benzene rings is 4. The Hall–Kier alpha value is -3.56. The molecule has 0 unspecified atom stereocenters. The van der Waals surface area contributed by atoms with Gasteiger partial charge in [0.2, 0.25) is 11.8 Å². The van der Waals surface area contributed by atoms with Gasteiger partial charge in [-0.3, -0.25) is 13.9 Å². The van der Waals surface area contributed by atoms with Gasteiger partial charge in [0, 0.05) is 40.1 Å². The number of anilines is 1. The number of carbonyl (C=O) groups is 2. The zero-order valence-electron chi connectivity index (χ0n) is 25.8. The van der Waals surface area contributed by atoms with E-state index in [1.807, 2.05) is 44.2 Å². The van der Waals surface area contributed by atoms with Crippen molar-refractivity contribution in [2.75, 3.05) is 17.4 Å². The van der Waals surface area contributed by atoms with Crippen LogP contribution in [0.25, 0.3) is 0 Å². The van der Waals surface area contributed by atoms with E-state index in [9.17, 15) is 18.0 Å². The highest BCUT2D eigenvalue weighted by Gasteiger charge is 2.35. The molecule has 4 aromatic rings. The summed E-state index contributed by atoms with van der Waals surface area (Å²) in [6.45, 7) is 5.25. The van der Waals surface area contributed by atoms with E-state index in [1.165, 1.54) is 17.0 Å². The monoisotopic (exact) mass is 699 g/mol. The van der Waals surface area contributed by atoms with Gasteiger partial charge in [0.1, 0.15) is 12.6 Å². The van der Waals surface area contributed by atoms with Crippen molar-refractivity contribution in [1.29, 1.82) is 0 Å². The molecule has 4 aromatic carbocycles. The van der Waals surface area contributed by atoms with Gasteiger partial charge in [-0.2, -0.15) is 0 Å². The molecule has 4 rings (SSSR count). The van der Waals surface area contributed by atoms with E-state index < -0.39 is 28.5 Å². The first-order valence-corrected chi connectivity index (χ1v) is 17.3. The Balaban J connectivity index is 1.86. The van der Waals surface area contributed by atoms with Crippen molar-refractivity contribution in [1.82, 2.24) is 10.2 Å². The summed E-state index contributed by atoms with van der Waals surface area (Å²) in [5, 5.41) is 3.92. The Morgan fingerprint density at radius 1 is 0.783 bits per heavy atom. The third-order valence-electron chi connectivity index (χ3n) is 7.46. The SMILES string of the molecule is Cc1c(Cl)cccc1N(CC(=O)N(Cc1c(Cl)cccc1Cl)[C@@H](Cc1ccccc1)C(=O)NCC(C)C)S(=O)(=O)c1ccccc1. The fourth-order valence-electron chi connectivity index (χ4n) is 4.93. The van der Waals surface area contributed by atoms with Crippen LogP contribution in [0, 0.1) is 12.8 Å². The standard InChI is InChI=1S/C35H36Cl3N3O4S/c1-24(2)21-39-35(43)33(20-26-12-6-4-7-13-26)40(22-28-30(37)17-10-18-31(28)38)34(42)23-41(32-19-11-16-29(36)25(32)3)46(44,45)27-14-8-5-9-15-27/h4-19,24,33H,20-23H2,1-3H3,(H,39,43)/t33-/m0/s1. The quantitative estimate of drug-likeness (QED) is 0.156. The van der Waals surface area contributed by atoms with Gasteiger partial charge in [0.15, 0.2) is 0 Å². The number of nitrogens with one attached hydrogen (secondary N) is 1. The molecule has 0 aliphatic carbocycles. The number of nitrogens with zero attached hydrogens (tertiary/aromatic N) is 2. The van der Waals surface area contributed by atoms with Crippen molar-refractivity contribution >= 4 is 62.3 Å². The molecule has 0 aliphatic rings. The van der Waals surface area contributed by atoms with Gasteiger partial charge in [-0.1, -0.05) is 109 Å². The minimum atomic E-state index is -4.26. The van der Waals surface area contributed by atoms with Crippen LogP contribution < -0.4 is 9.62 Å². The van der Waals surface area contributed by atoms with E-state index in [0.29, 0.717) is 32.7 Å². The van der Waals surface area contributed by atoms with Gasteiger partial charge in [-0.15, -0.1) is 0 Å². The second kappa shape index (κ2) is 15.8. The maximum absolute atomic E-state index is 14.6. The van der Waals surface area contributed by atoms with E-state index in [0.717, 1.165) is 9.87 Å². The molecule has 11 heteroatoms. The average molecular weight is 701 g/mol. The lowest BCUT2D eigenvalue weighted by atomic mass is 10.0. The molecule has 0 radical (unpaired) electrons. The lowest BCUT2D eigenvalue weighted by molar-refractivity contribution is -0.140. The largest absolute Gasteiger partial charge is 0.354 e. The van der Waals surface area contributed by atoms with Crippen LogP contribution in [-0.2, 0) is 32.6 Å². The van der Waals surface area contributed by atoms with Gasteiger partial charge >= 0.3 is 0 Å². The number of halogens is 3. The summed E-state index contributed by atoms with van der Waals surface area (Å²) in [5.41, 5.74) is 1.97. The van der Waals surface area contributed by atoms with Gasteiger partial charge in [-0.25, -0.2) is 8.42 Å². The summed E-state index contributed by atoms with van der Waals surface area (Å²) < 4.78 is 29.4. The molecular weight excluding hydrogens is 665 g/mol. The Morgan fingerprint density at radius 3 is 1.96 bits per heavy atom. The highest BCUT2D eigenvalue weighted by atomic mass is 35.5. The van der Waals surface area contributed by atoms with Crippen molar-refractivity contribution in [3.8, 4) is 0 Å². The van der Waals surface area contributed by atoms with Crippen LogP contribution in [0.15, 0.2) is 102 Å². The highest BCUT2D eigenvalue weighted by molar-refractivity contribution is 7.92. The van der Waals surface area contributed by atoms with Crippen LogP contribution in [0.5, 0.6) is 0 Å². The summed E-state index contributed by atoms with van der Waals surface area (Å²) in [4.78, 5) is 29.9. The zero-order valence-corrected chi connectivity index (χ0v) is 28.9. The van der Waals surface area contributed by atoms with E-state index in [2.05, 4.69) is 5.32 Å². The first kappa shape index (κ1) is 35.3. The van der Waals surface area contributed by atoms with Crippen molar-refractivity contribution in [2.24, 2.45) is 5.92 Å². The molecule has 242 valence electrons. The Kier molecular flexibility index (Phi) is 12.1. The Labute approximate surface area is 286 Å². The van der Waals surface area contributed by atoms with Crippen LogP contribution in [0.3, 0.4) is 0 Å². The molecule has 0 spiro atoms. The smallest absolute Gasteiger partial charge is 0.264 e. The molecule has 1 N–H and O–H groups in total. The molecule has 2 amide bonds. The van der Waals surface area contributed by atoms with Crippen molar-refractivity contribution in [2.45, 2.75) is 44.7 Å². The normalized spacial score (nSPS) is 12.1. The number of hydrogen-bond donors (Lipinski definition) is 1. The molecule has 0 fully saturated rings. The third-order valence-corrected chi connectivity index (χ3v) is 10.4. The van der Waals surface area contributed by atoms with Crippen molar-refractivity contribution in [3.63, 3.8) is 0 Å². The van der Waals surface area contributed by atoms with Gasteiger partial charge in [-0.05, 0) is 60.4 Å². The highest BCUT2D eigenvalue weighted by Crippen LogP contribution is 2.32. The second-order valence-corrected chi connectivity index (χ2v) is 14.4. The lowest BCUT2D eigenvalue weighted by Gasteiger charge is -2.34. The van der Waals surface area contributed by atoms with Crippen LogP contribution in [-0.4, -0.2) is 44.3 Å². The van der Waals surface area contributed by atoms with E-state index in [1.54, 1.807) is 61.5 Å². The number of sulfonamides is 1. The minimum Gasteiger partial charge on any atom is -0.354 e. The Bertz CT molecular complexity index is 1750. The summed E-state index contributed by atoms with van der Waals surface area (Å²) in [6.07, 6.45) is 0.167. The number of hydrogen-bond acceptors (Lipinski definition) is 4. The van der Waals surface area contributed by atoms with E-state index in [4.69, 9.17) is 34.8 Å². The molecule has 0 aliphatic heterocycles. The van der Waals surface area contributed by atoms with Gasteiger partial charge in [0.05, 0.1) is 10.6 Å². The molecule has 0 heterocycles. The van der Waals surface area contributed by atoms with Gasteiger partial charge in [0.25, 0.3) is 10.0 Å². The fraction of sp³-hybridized carbons (Fsp3) is 0.257.